The molecular weight excluding hydrogens is 150 g/mol. The van der Waals surface area contributed by atoms with Crippen LogP contribution in [0.25, 0.3) is 0 Å². The van der Waals surface area contributed by atoms with Crippen LogP contribution in [0.5, 0.6) is 0 Å². The second kappa shape index (κ2) is 15.8. The molecule has 0 aliphatic carbocycles. The van der Waals surface area contributed by atoms with E-state index in [0.29, 0.717) is 0 Å². The van der Waals surface area contributed by atoms with Crippen LogP contribution in [0.15, 0.2) is 0 Å². The Morgan fingerprint density at radius 3 is 1.86 bits per heavy atom. The Morgan fingerprint density at radius 1 is 1.43 bits per heavy atom. The normalized spacial score (nSPS) is 6.00. The molecule has 0 amide bonds. The van der Waals surface area contributed by atoms with Gasteiger partial charge in [0.05, 0.1) is 0 Å². The molecule has 0 N–H and O–H groups in total. The summed E-state index contributed by atoms with van der Waals surface area (Å²) in [5, 5.41) is 0. The van der Waals surface area contributed by atoms with Crippen LogP contribution in [0.2, 0.25) is 0 Å². The molecule has 0 rings (SSSR count). The molecule has 47 valence electrons. The molecule has 7 heavy (non-hydrogen) atoms. The van der Waals surface area contributed by atoms with Crippen molar-refractivity contribution in [3.63, 3.8) is 0 Å². The van der Waals surface area contributed by atoms with Crippen LogP contribution in [-0.4, -0.2) is 0 Å². The summed E-state index contributed by atoms with van der Waals surface area (Å²) in [4.78, 5) is 0. The molecule has 0 aromatic rings. The van der Waals surface area contributed by atoms with Crippen LogP contribution in [0.3, 0.4) is 0 Å². The molecule has 0 fully saturated rings. The first-order valence-electron chi connectivity index (χ1n) is 2.21. The molecule has 0 saturated heterocycles. The average molecular weight is 163 g/mol. The van der Waals surface area contributed by atoms with E-state index in [-0.39, 0.29) is 29.5 Å². The molecule has 0 bridgehead atoms. The molecule has 0 atom stereocenters. The van der Waals surface area contributed by atoms with Crippen LogP contribution < -0.4 is 0 Å². The fraction of sp³-hybridized carbons (Fsp3) is 0.800. The molecule has 0 unspecified atom stereocenters. The standard InChI is InChI=1S/C5H11.ClH.Mn/c1-3-5-4-2;;/h1,3-5H2,2H3;1H;/q-1;;. The van der Waals surface area contributed by atoms with E-state index in [4.69, 9.17) is 0 Å². The second-order valence-electron chi connectivity index (χ2n) is 1.21. The van der Waals surface area contributed by atoms with Crippen molar-refractivity contribution < 1.29 is 17.1 Å². The molecule has 1 radical (unpaired) electrons. The van der Waals surface area contributed by atoms with Gasteiger partial charge in [-0.2, -0.15) is 6.42 Å². The van der Waals surface area contributed by atoms with Crippen molar-refractivity contribution >= 4 is 12.4 Å². The molecule has 0 heterocycles. The molecule has 2 heteroatoms. The molecule has 0 saturated carbocycles. The third-order valence-corrected chi connectivity index (χ3v) is 0.604. The molecule has 0 aliphatic rings. The Labute approximate surface area is 62.9 Å². The van der Waals surface area contributed by atoms with Crippen molar-refractivity contribution in [1.82, 2.24) is 0 Å². The quantitative estimate of drug-likeness (QED) is 0.432. The predicted octanol–water partition coefficient (Wildman–Crippen LogP) is 2.43. The summed E-state index contributed by atoms with van der Waals surface area (Å²) >= 11 is 0. The summed E-state index contributed by atoms with van der Waals surface area (Å²) < 4.78 is 0. The number of rotatable bonds is 2. The van der Waals surface area contributed by atoms with Gasteiger partial charge in [0.15, 0.2) is 0 Å². The second-order valence-corrected chi connectivity index (χ2v) is 1.21. The van der Waals surface area contributed by atoms with Crippen LogP contribution in [0.1, 0.15) is 26.2 Å². The van der Waals surface area contributed by atoms with Crippen molar-refractivity contribution in [3.05, 3.63) is 6.92 Å². The Kier molecular flexibility index (Phi) is 35.4. The van der Waals surface area contributed by atoms with Gasteiger partial charge in [-0.1, -0.05) is 19.8 Å². The zero-order chi connectivity index (χ0) is 4.12. The molecular formula is C5H12ClMn-. The SMILES string of the molecule is Cl.[CH2-]CCCC.[Mn]. The maximum atomic E-state index is 3.68. The van der Waals surface area contributed by atoms with E-state index < -0.39 is 0 Å². The van der Waals surface area contributed by atoms with E-state index in [0.717, 1.165) is 6.42 Å². The van der Waals surface area contributed by atoms with Gasteiger partial charge in [-0.25, -0.2) is 0 Å². The topological polar surface area (TPSA) is 0 Å². The van der Waals surface area contributed by atoms with Crippen molar-refractivity contribution in [2.24, 2.45) is 0 Å². The Balaban J connectivity index is -0.0000000800. The molecule has 0 aromatic heterocycles. The van der Waals surface area contributed by atoms with E-state index in [9.17, 15) is 0 Å². The third kappa shape index (κ3) is 20.0. The van der Waals surface area contributed by atoms with E-state index in [1.54, 1.807) is 0 Å². The van der Waals surface area contributed by atoms with E-state index >= 15 is 0 Å². The summed E-state index contributed by atoms with van der Waals surface area (Å²) in [7, 11) is 0. The van der Waals surface area contributed by atoms with Gasteiger partial charge in [-0.3, -0.25) is 0 Å². The van der Waals surface area contributed by atoms with Crippen molar-refractivity contribution in [2.45, 2.75) is 26.2 Å². The van der Waals surface area contributed by atoms with Gasteiger partial charge in [0.2, 0.25) is 0 Å². The van der Waals surface area contributed by atoms with Crippen LogP contribution >= 0.6 is 12.4 Å². The van der Waals surface area contributed by atoms with Gasteiger partial charge in [0, 0.05) is 17.1 Å². The minimum atomic E-state index is 0. The van der Waals surface area contributed by atoms with Gasteiger partial charge in [-0.05, 0) is 0 Å². The van der Waals surface area contributed by atoms with Gasteiger partial charge >= 0.3 is 0 Å². The first kappa shape index (κ1) is 15.7. The summed E-state index contributed by atoms with van der Waals surface area (Å²) in [5.41, 5.74) is 0. The van der Waals surface area contributed by atoms with E-state index in [1.165, 1.54) is 12.8 Å². The first-order valence-corrected chi connectivity index (χ1v) is 2.21. The fourth-order valence-corrected chi connectivity index (χ4v) is 0.250. The number of hydrogen-bond donors (Lipinski definition) is 0. The summed E-state index contributed by atoms with van der Waals surface area (Å²) in [6.07, 6.45) is 3.65. The monoisotopic (exact) mass is 162 g/mol. The number of halogens is 1. The minimum Gasteiger partial charge on any atom is -0.343 e. The Hall–Kier alpha value is 0.809. The van der Waals surface area contributed by atoms with Gasteiger partial charge in [0.25, 0.3) is 0 Å². The largest absolute Gasteiger partial charge is 0.343 e. The number of unbranched alkanes of at least 4 members (excludes halogenated alkanes) is 2. The van der Waals surface area contributed by atoms with Crippen molar-refractivity contribution in [3.8, 4) is 0 Å². The van der Waals surface area contributed by atoms with Crippen LogP contribution in [0.4, 0.5) is 0 Å². The van der Waals surface area contributed by atoms with Crippen molar-refractivity contribution in [1.29, 1.82) is 0 Å². The third-order valence-electron chi connectivity index (χ3n) is 0.604. The molecule has 0 aromatic carbocycles. The molecule has 0 aliphatic heterocycles. The summed E-state index contributed by atoms with van der Waals surface area (Å²) in [5.74, 6) is 0. The minimum absolute atomic E-state index is 0. The molecule has 0 spiro atoms. The predicted molar refractivity (Wildman–Crippen MR) is 32.1 cm³/mol. The van der Waals surface area contributed by atoms with Crippen molar-refractivity contribution in [2.75, 3.05) is 0 Å². The molecule has 0 nitrogen and oxygen atoms in total. The van der Waals surface area contributed by atoms with Crippen LogP contribution in [-0.2, 0) is 17.1 Å². The maximum Gasteiger partial charge on any atom is 0 e. The number of hydrogen-bond acceptors (Lipinski definition) is 0. The van der Waals surface area contributed by atoms with Gasteiger partial charge in [-0.15, -0.1) is 12.4 Å². The summed E-state index contributed by atoms with van der Waals surface area (Å²) in [6.45, 7) is 5.85. The Bertz CT molecular complexity index is 15.6. The van der Waals surface area contributed by atoms with E-state index in [2.05, 4.69) is 13.8 Å². The Morgan fingerprint density at radius 2 is 1.86 bits per heavy atom. The zero-order valence-electron chi connectivity index (χ0n) is 4.61. The van der Waals surface area contributed by atoms with Crippen LogP contribution in [0, 0.1) is 6.92 Å². The first-order chi connectivity index (χ1) is 2.41. The van der Waals surface area contributed by atoms with Gasteiger partial charge < -0.3 is 6.92 Å². The van der Waals surface area contributed by atoms with E-state index in [1.807, 2.05) is 0 Å². The zero-order valence-corrected chi connectivity index (χ0v) is 6.61. The fourth-order valence-electron chi connectivity index (χ4n) is 0.250. The maximum absolute atomic E-state index is 3.68. The smallest absolute Gasteiger partial charge is 0 e. The van der Waals surface area contributed by atoms with Gasteiger partial charge in [0.1, 0.15) is 0 Å². The summed E-state index contributed by atoms with van der Waals surface area (Å²) in [6, 6.07) is 0. The average Bonchev–Trinajstić information content (AvgIpc) is 1.41.